The van der Waals surface area contributed by atoms with E-state index >= 15 is 0 Å². The van der Waals surface area contributed by atoms with Crippen molar-refractivity contribution in [1.29, 1.82) is 0 Å². The maximum Gasteiger partial charge on any atom is 0.261 e. The van der Waals surface area contributed by atoms with Crippen molar-refractivity contribution in [2.24, 2.45) is 0 Å². The Labute approximate surface area is 136 Å². The van der Waals surface area contributed by atoms with E-state index < -0.39 is 0 Å². The molecule has 6 nitrogen and oxygen atoms in total. The molecule has 0 unspecified atom stereocenters. The van der Waals surface area contributed by atoms with E-state index in [4.69, 9.17) is 14.0 Å². The molecule has 3 aromatic rings. The number of nitrogens with zero attached hydrogens (tertiary/aromatic N) is 1. The van der Waals surface area contributed by atoms with Crippen LogP contribution >= 0.6 is 11.3 Å². The number of methoxy groups -OCH3 is 2. The van der Waals surface area contributed by atoms with Crippen molar-refractivity contribution in [2.45, 2.75) is 0 Å². The van der Waals surface area contributed by atoms with Crippen LogP contribution in [0.5, 0.6) is 11.5 Å². The summed E-state index contributed by atoms with van der Waals surface area (Å²) in [6.45, 7) is 0. The minimum absolute atomic E-state index is 0.332. The molecule has 0 saturated heterocycles. The Morgan fingerprint density at radius 1 is 1.26 bits per heavy atom. The summed E-state index contributed by atoms with van der Waals surface area (Å²) in [4.78, 5) is 13.4. The summed E-state index contributed by atoms with van der Waals surface area (Å²) in [6.07, 6.45) is 1.40. The predicted octanol–water partition coefficient (Wildman–Crippen LogP) is 3.67. The molecule has 2 heterocycles. The molecule has 23 heavy (non-hydrogen) atoms. The van der Waals surface area contributed by atoms with Gasteiger partial charge in [-0.1, -0.05) is 11.2 Å². The zero-order valence-electron chi connectivity index (χ0n) is 12.5. The third-order valence-electron chi connectivity index (χ3n) is 3.21. The fraction of sp³-hybridized carbons (Fsp3) is 0.125. The number of thiophene rings is 1. The first-order valence-electron chi connectivity index (χ1n) is 6.75. The molecule has 2 aromatic heterocycles. The molecule has 0 saturated carbocycles. The lowest BCUT2D eigenvalue weighted by molar-refractivity contribution is 0.102. The van der Waals surface area contributed by atoms with Crippen molar-refractivity contribution < 1.29 is 18.8 Å². The molecule has 3 rings (SSSR count). The van der Waals surface area contributed by atoms with E-state index in [9.17, 15) is 4.79 Å². The number of carbonyl (C=O) groups excluding carboxylic acids is 1. The molecule has 7 heteroatoms. The standard InChI is InChI=1S/C16H14N2O4S/c1-20-10-5-6-13(21-2)12(8-10)18-16(19)11-9-17-22-15(11)14-4-3-7-23-14/h3-9H,1-2H3,(H,18,19). The number of hydrogen-bond acceptors (Lipinski definition) is 6. The number of nitrogens with one attached hydrogen (secondary N) is 1. The van der Waals surface area contributed by atoms with Crippen LogP contribution in [0.4, 0.5) is 5.69 Å². The number of rotatable bonds is 5. The van der Waals surface area contributed by atoms with Gasteiger partial charge in [0.2, 0.25) is 0 Å². The zero-order chi connectivity index (χ0) is 16.2. The monoisotopic (exact) mass is 330 g/mol. The van der Waals surface area contributed by atoms with Gasteiger partial charge in [-0.3, -0.25) is 4.79 Å². The van der Waals surface area contributed by atoms with Gasteiger partial charge in [0, 0.05) is 6.07 Å². The number of anilines is 1. The van der Waals surface area contributed by atoms with E-state index in [0.717, 1.165) is 4.88 Å². The van der Waals surface area contributed by atoms with Crippen LogP contribution in [0, 0.1) is 0 Å². The Bertz CT molecular complexity index is 811. The Morgan fingerprint density at radius 3 is 2.83 bits per heavy atom. The summed E-state index contributed by atoms with van der Waals surface area (Å²) in [7, 11) is 3.09. The SMILES string of the molecule is COc1ccc(OC)c(NC(=O)c2cnoc2-c2cccs2)c1. The van der Waals surface area contributed by atoms with Crippen molar-refractivity contribution in [3.8, 4) is 22.1 Å². The molecule has 0 atom stereocenters. The summed E-state index contributed by atoms with van der Waals surface area (Å²) in [5.74, 6) is 1.26. The fourth-order valence-corrected chi connectivity index (χ4v) is 2.80. The Morgan fingerprint density at radius 2 is 2.13 bits per heavy atom. The van der Waals surface area contributed by atoms with E-state index in [-0.39, 0.29) is 5.91 Å². The number of carbonyl (C=O) groups is 1. The van der Waals surface area contributed by atoms with E-state index in [1.807, 2.05) is 17.5 Å². The summed E-state index contributed by atoms with van der Waals surface area (Å²) < 4.78 is 15.6. The van der Waals surface area contributed by atoms with Crippen molar-refractivity contribution >= 4 is 22.9 Å². The van der Waals surface area contributed by atoms with E-state index in [1.165, 1.54) is 24.6 Å². The Kier molecular flexibility index (Phi) is 4.29. The van der Waals surface area contributed by atoms with Gasteiger partial charge in [0.25, 0.3) is 5.91 Å². The first kappa shape index (κ1) is 15.1. The van der Waals surface area contributed by atoms with Crippen molar-refractivity contribution in [3.63, 3.8) is 0 Å². The fourth-order valence-electron chi connectivity index (χ4n) is 2.09. The average molecular weight is 330 g/mol. The molecule has 0 aliphatic carbocycles. The Balaban J connectivity index is 1.90. The highest BCUT2D eigenvalue weighted by Gasteiger charge is 2.20. The molecular weight excluding hydrogens is 316 g/mol. The van der Waals surface area contributed by atoms with Crippen LogP contribution in [0.3, 0.4) is 0 Å². The lowest BCUT2D eigenvalue weighted by Gasteiger charge is -2.11. The van der Waals surface area contributed by atoms with Crippen molar-refractivity contribution in [3.05, 3.63) is 47.5 Å². The lowest BCUT2D eigenvalue weighted by Crippen LogP contribution is -2.12. The highest BCUT2D eigenvalue weighted by Crippen LogP contribution is 2.31. The molecule has 0 aliphatic heterocycles. The topological polar surface area (TPSA) is 73.6 Å². The Hall–Kier alpha value is -2.80. The summed E-state index contributed by atoms with van der Waals surface area (Å²) >= 11 is 1.47. The van der Waals surface area contributed by atoms with Crippen LogP contribution < -0.4 is 14.8 Å². The highest BCUT2D eigenvalue weighted by atomic mass is 32.1. The normalized spacial score (nSPS) is 10.3. The van der Waals surface area contributed by atoms with Gasteiger partial charge >= 0.3 is 0 Å². The van der Waals surface area contributed by atoms with Gasteiger partial charge < -0.3 is 19.3 Å². The van der Waals surface area contributed by atoms with Gasteiger partial charge in [-0.2, -0.15) is 0 Å². The maximum atomic E-state index is 12.6. The maximum absolute atomic E-state index is 12.6. The third-order valence-corrected chi connectivity index (χ3v) is 4.08. The summed E-state index contributed by atoms with van der Waals surface area (Å²) in [5.41, 5.74) is 0.868. The minimum Gasteiger partial charge on any atom is -0.497 e. The zero-order valence-corrected chi connectivity index (χ0v) is 13.3. The summed E-state index contributed by atoms with van der Waals surface area (Å²) in [5, 5.41) is 8.44. The second-order valence-corrected chi connectivity index (χ2v) is 5.51. The molecule has 0 radical (unpaired) electrons. The first-order valence-corrected chi connectivity index (χ1v) is 7.63. The molecule has 0 fully saturated rings. The van der Waals surface area contributed by atoms with Gasteiger partial charge in [-0.05, 0) is 23.6 Å². The summed E-state index contributed by atoms with van der Waals surface area (Å²) in [6, 6.07) is 8.92. The largest absolute Gasteiger partial charge is 0.497 e. The van der Waals surface area contributed by atoms with Crippen LogP contribution in [0.2, 0.25) is 0 Å². The molecule has 0 bridgehead atoms. The molecule has 0 spiro atoms. The lowest BCUT2D eigenvalue weighted by atomic mass is 10.2. The van der Waals surface area contributed by atoms with Gasteiger partial charge in [-0.25, -0.2) is 0 Å². The second kappa shape index (κ2) is 6.53. The van der Waals surface area contributed by atoms with Gasteiger partial charge in [0.1, 0.15) is 17.1 Å². The van der Waals surface area contributed by atoms with Crippen LogP contribution in [0.25, 0.3) is 10.6 Å². The molecule has 1 amide bonds. The minimum atomic E-state index is -0.332. The van der Waals surface area contributed by atoms with Gasteiger partial charge in [-0.15, -0.1) is 11.3 Å². The predicted molar refractivity (Wildman–Crippen MR) is 87.3 cm³/mol. The molecule has 118 valence electrons. The molecule has 0 aliphatic rings. The van der Waals surface area contributed by atoms with E-state index in [1.54, 1.807) is 25.3 Å². The molecule has 1 N–H and O–H groups in total. The van der Waals surface area contributed by atoms with Crippen LogP contribution in [-0.4, -0.2) is 25.3 Å². The van der Waals surface area contributed by atoms with Crippen LogP contribution in [-0.2, 0) is 0 Å². The molecule has 1 aromatic carbocycles. The van der Waals surface area contributed by atoms with Gasteiger partial charge in [0.15, 0.2) is 5.76 Å². The molecular formula is C16H14N2O4S. The quantitative estimate of drug-likeness (QED) is 0.772. The van der Waals surface area contributed by atoms with Crippen molar-refractivity contribution in [1.82, 2.24) is 5.16 Å². The third kappa shape index (κ3) is 3.04. The van der Waals surface area contributed by atoms with Crippen molar-refractivity contribution in [2.75, 3.05) is 19.5 Å². The number of ether oxygens (including phenoxy) is 2. The number of benzene rings is 1. The second-order valence-electron chi connectivity index (χ2n) is 4.57. The number of amides is 1. The van der Waals surface area contributed by atoms with E-state index in [2.05, 4.69) is 10.5 Å². The number of hydrogen-bond donors (Lipinski definition) is 1. The van der Waals surface area contributed by atoms with Crippen LogP contribution in [0.1, 0.15) is 10.4 Å². The average Bonchev–Trinajstić information content (AvgIpc) is 3.25. The smallest absolute Gasteiger partial charge is 0.261 e. The first-order chi connectivity index (χ1) is 11.2. The van der Waals surface area contributed by atoms with Crippen LogP contribution in [0.15, 0.2) is 46.4 Å². The van der Waals surface area contributed by atoms with E-state index in [0.29, 0.717) is 28.5 Å². The van der Waals surface area contributed by atoms with Gasteiger partial charge in [0.05, 0.1) is 31.0 Å². The number of aromatic nitrogens is 1. The highest BCUT2D eigenvalue weighted by molar-refractivity contribution is 7.13.